The van der Waals surface area contributed by atoms with E-state index >= 15 is 0 Å². The number of aliphatic hydroxyl groups excluding tert-OH is 1. The number of carbonyl (C=O) groups is 1. The van der Waals surface area contributed by atoms with Gasteiger partial charge in [-0.3, -0.25) is 4.90 Å². The molecule has 5 nitrogen and oxygen atoms in total. The van der Waals surface area contributed by atoms with Crippen LogP contribution in [-0.4, -0.2) is 46.7 Å². The zero-order chi connectivity index (χ0) is 14.8. The zero-order valence-electron chi connectivity index (χ0n) is 12.9. The van der Waals surface area contributed by atoms with Crippen LogP contribution in [0.4, 0.5) is 4.79 Å². The summed E-state index contributed by atoms with van der Waals surface area (Å²) >= 11 is 0. The van der Waals surface area contributed by atoms with Crippen LogP contribution in [0.5, 0.6) is 0 Å². The van der Waals surface area contributed by atoms with E-state index in [4.69, 9.17) is 14.6 Å². The quantitative estimate of drug-likeness (QED) is 0.857. The summed E-state index contributed by atoms with van der Waals surface area (Å²) in [5.74, 6) is 0.132. The molecule has 1 heterocycles. The van der Waals surface area contributed by atoms with Gasteiger partial charge in [-0.05, 0) is 47.0 Å². The Morgan fingerprint density at radius 3 is 2.58 bits per heavy atom. The lowest BCUT2D eigenvalue weighted by atomic mass is 10.0. The highest BCUT2D eigenvalue weighted by Crippen LogP contribution is 2.32. The van der Waals surface area contributed by atoms with Crippen LogP contribution in [0.1, 0.15) is 48.0 Å². The summed E-state index contributed by atoms with van der Waals surface area (Å²) in [7, 11) is 0. The maximum atomic E-state index is 12.3. The van der Waals surface area contributed by atoms with Crippen molar-refractivity contribution in [2.75, 3.05) is 13.2 Å². The first-order valence-electron chi connectivity index (χ1n) is 6.84. The highest BCUT2D eigenvalue weighted by Gasteiger charge is 2.45. The molecule has 19 heavy (non-hydrogen) atoms. The Morgan fingerprint density at radius 1 is 1.53 bits per heavy atom. The van der Waals surface area contributed by atoms with Crippen LogP contribution in [0.2, 0.25) is 0 Å². The van der Waals surface area contributed by atoms with Gasteiger partial charge in [0.1, 0.15) is 11.3 Å². The third-order valence-electron chi connectivity index (χ3n) is 3.15. The smallest absolute Gasteiger partial charge is 0.412 e. The van der Waals surface area contributed by atoms with E-state index in [1.165, 1.54) is 0 Å². The maximum Gasteiger partial charge on any atom is 0.412 e. The summed E-state index contributed by atoms with van der Waals surface area (Å²) in [5, 5.41) is 9.16. The standard InChI is InChI=1S/C14H27NO4/c1-10(8-16)7-11-9-18-14(5,6)15(11)12(17)19-13(2,3)4/h10-11,16H,7-9H2,1-6H3/t10-,11-/m0/s1. The van der Waals surface area contributed by atoms with Crippen LogP contribution >= 0.6 is 0 Å². The van der Waals surface area contributed by atoms with Gasteiger partial charge in [0.05, 0.1) is 12.6 Å². The molecule has 0 unspecified atom stereocenters. The third-order valence-corrected chi connectivity index (χ3v) is 3.15. The van der Waals surface area contributed by atoms with Gasteiger partial charge in [-0.25, -0.2) is 4.79 Å². The number of hydrogen-bond acceptors (Lipinski definition) is 4. The van der Waals surface area contributed by atoms with E-state index in [1.807, 2.05) is 41.5 Å². The molecule has 5 heteroatoms. The first kappa shape index (κ1) is 16.2. The Morgan fingerprint density at radius 2 is 2.11 bits per heavy atom. The molecular formula is C14H27NO4. The van der Waals surface area contributed by atoms with Crippen LogP contribution in [0.25, 0.3) is 0 Å². The van der Waals surface area contributed by atoms with Crippen molar-refractivity contribution in [2.45, 2.75) is 65.3 Å². The van der Waals surface area contributed by atoms with Gasteiger partial charge in [-0.15, -0.1) is 0 Å². The third kappa shape index (κ3) is 4.35. The minimum absolute atomic E-state index is 0.0491. The average molecular weight is 273 g/mol. The molecule has 1 amide bonds. The van der Waals surface area contributed by atoms with Gasteiger partial charge in [0.15, 0.2) is 0 Å². The van der Waals surface area contributed by atoms with Gasteiger partial charge in [0, 0.05) is 6.61 Å². The molecule has 0 saturated carbocycles. The van der Waals surface area contributed by atoms with Crippen molar-refractivity contribution in [2.24, 2.45) is 5.92 Å². The van der Waals surface area contributed by atoms with Gasteiger partial charge >= 0.3 is 6.09 Å². The minimum atomic E-state index is -0.665. The molecular weight excluding hydrogens is 246 g/mol. The van der Waals surface area contributed by atoms with Gasteiger partial charge in [-0.2, -0.15) is 0 Å². The molecule has 0 radical (unpaired) electrons. The van der Waals surface area contributed by atoms with Crippen LogP contribution in [0.3, 0.4) is 0 Å². The summed E-state index contributed by atoms with van der Waals surface area (Å²) in [6.07, 6.45) is 0.351. The number of nitrogens with zero attached hydrogens (tertiary/aromatic N) is 1. The van der Waals surface area contributed by atoms with E-state index in [0.717, 1.165) is 0 Å². The molecule has 1 N–H and O–H groups in total. The topological polar surface area (TPSA) is 59.0 Å². The second-order valence-corrected chi connectivity index (χ2v) is 6.79. The van der Waals surface area contributed by atoms with Crippen LogP contribution in [0.15, 0.2) is 0 Å². The summed E-state index contributed by atoms with van der Waals surface area (Å²) in [6.45, 7) is 11.8. The van der Waals surface area contributed by atoms with Gasteiger partial charge in [-0.1, -0.05) is 6.92 Å². The molecule has 1 aliphatic heterocycles. The Hall–Kier alpha value is -0.810. The highest BCUT2D eigenvalue weighted by atomic mass is 16.6. The van der Waals surface area contributed by atoms with E-state index < -0.39 is 11.3 Å². The number of aliphatic hydroxyl groups is 1. The maximum absolute atomic E-state index is 12.3. The predicted octanol–water partition coefficient (Wildman–Crippen LogP) is 2.38. The SMILES string of the molecule is C[C@H](CO)C[C@H]1COC(C)(C)N1C(=O)OC(C)(C)C. The number of carbonyl (C=O) groups excluding carboxylic acids is 1. The molecule has 1 rings (SSSR count). The molecule has 0 aromatic rings. The lowest BCUT2D eigenvalue weighted by Crippen LogP contribution is -2.50. The molecule has 1 saturated heterocycles. The minimum Gasteiger partial charge on any atom is -0.444 e. The number of amides is 1. The van der Waals surface area contributed by atoms with E-state index in [1.54, 1.807) is 4.90 Å². The van der Waals surface area contributed by atoms with Gasteiger partial charge in [0.2, 0.25) is 0 Å². The fourth-order valence-corrected chi connectivity index (χ4v) is 2.28. The molecule has 0 aromatic carbocycles. The van der Waals surface area contributed by atoms with E-state index in [-0.39, 0.29) is 24.7 Å². The molecule has 0 aliphatic carbocycles. The van der Waals surface area contributed by atoms with Gasteiger partial charge in [0.25, 0.3) is 0 Å². The van der Waals surface area contributed by atoms with Gasteiger partial charge < -0.3 is 14.6 Å². The van der Waals surface area contributed by atoms with E-state index in [2.05, 4.69) is 0 Å². The number of hydrogen-bond donors (Lipinski definition) is 1. The lowest BCUT2D eigenvalue weighted by molar-refractivity contribution is -0.0632. The highest BCUT2D eigenvalue weighted by molar-refractivity contribution is 5.69. The normalized spacial score (nSPS) is 24.4. The van der Waals surface area contributed by atoms with Crippen molar-refractivity contribution in [1.29, 1.82) is 0 Å². The second-order valence-electron chi connectivity index (χ2n) is 6.79. The lowest BCUT2D eigenvalue weighted by Gasteiger charge is -2.35. The second kappa shape index (κ2) is 5.67. The van der Waals surface area contributed by atoms with Crippen LogP contribution in [-0.2, 0) is 9.47 Å². The molecule has 0 spiro atoms. The van der Waals surface area contributed by atoms with Crippen molar-refractivity contribution in [3.05, 3.63) is 0 Å². The van der Waals surface area contributed by atoms with Crippen molar-refractivity contribution >= 4 is 6.09 Å². The van der Waals surface area contributed by atoms with Crippen molar-refractivity contribution in [3.63, 3.8) is 0 Å². The van der Waals surface area contributed by atoms with Crippen molar-refractivity contribution in [1.82, 2.24) is 4.90 Å². The van der Waals surface area contributed by atoms with E-state index in [9.17, 15) is 4.79 Å². The fourth-order valence-electron chi connectivity index (χ4n) is 2.28. The molecule has 1 fully saturated rings. The molecule has 0 bridgehead atoms. The van der Waals surface area contributed by atoms with Crippen molar-refractivity contribution in [3.8, 4) is 0 Å². The largest absolute Gasteiger partial charge is 0.444 e. The first-order chi connectivity index (χ1) is 8.57. The summed E-state index contributed by atoms with van der Waals surface area (Å²) in [6, 6.07) is -0.0491. The first-order valence-corrected chi connectivity index (χ1v) is 6.84. The number of ether oxygens (including phenoxy) is 2. The van der Waals surface area contributed by atoms with Crippen molar-refractivity contribution < 1.29 is 19.4 Å². The van der Waals surface area contributed by atoms with E-state index in [0.29, 0.717) is 13.0 Å². The summed E-state index contributed by atoms with van der Waals surface area (Å²) < 4.78 is 11.1. The Labute approximate surface area is 115 Å². The predicted molar refractivity (Wildman–Crippen MR) is 72.8 cm³/mol. The molecule has 2 atom stereocenters. The monoisotopic (exact) mass is 273 g/mol. The molecule has 1 aliphatic rings. The fraction of sp³-hybridized carbons (Fsp3) is 0.929. The number of rotatable bonds is 3. The van der Waals surface area contributed by atoms with Crippen LogP contribution < -0.4 is 0 Å². The summed E-state index contributed by atoms with van der Waals surface area (Å²) in [5.41, 5.74) is -1.19. The molecule has 112 valence electrons. The Kier molecular flexibility index (Phi) is 4.85. The Bertz CT molecular complexity index is 322. The molecule has 0 aromatic heterocycles. The Balaban J connectivity index is 2.81. The zero-order valence-corrected chi connectivity index (χ0v) is 12.9. The summed E-state index contributed by atoms with van der Waals surface area (Å²) in [4.78, 5) is 14.0. The van der Waals surface area contributed by atoms with Crippen LogP contribution in [0, 0.1) is 5.92 Å². The average Bonchev–Trinajstić information content (AvgIpc) is 2.51.